The van der Waals surface area contributed by atoms with Crippen molar-refractivity contribution in [3.8, 4) is 11.5 Å². The fourth-order valence-corrected chi connectivity index (χ4v) is 4.74. The molecule has 0 aliphatic carbocycles. The van der Waals surface area contributed by atoms with Crippen molar-refractivity contribution in [2.75, 3.05) is 26.9 Å². The summed E-state index contributed by atoms with van der Waals surface area (Å²) in [5.74, 6) is 1.36. The molecular formula is C27H29NO6. The van der Waals surface area contributed by atoms with Gasteiger partial charge in [0.1, 0.15) is 5.58 Å². The number of benzene rings is 2. The molecule has 1 amide bonds. The zero-order valence-corrected chi connectivity index (χ0v) is 19.7. The van der Waals surface area contributed by atoms with Crippen LogP contribution < -0.4 is 14.9 Å². The summed E-state index contributed by atoms with van der Waals surface area (Å²) in [5, 5.41) is 0.460. The van der Waals surface area contributed by atoms with Gasteiger partial charge in [-0.25, -0.2) is 0 Å². The second-order valence-corrected chi connectivity index (χ2v) is 9.28. The molecule has 1 aromatic heterocycles. The second-order valence-electron chi connectivity index (χ2n) is 9.28. The van der Waals surface area contributed by atoms with E-state index in [1.54, 1.807) is 36.3 Å². The molecule has 2 aliphatic heterocycles. The average molecular weight is 464 g/mol. The maximum atomic E-state index is 13.6. The molecule has 0 radical (unpaired) electrons. The van der Waals surface area contributed by atoms with E-state index in [4.69, 9.17) is 18.6 Å². The highest BCUT2D eigenvalue weighted by Gasteiger charge is 2.44. The Morgan fingerprint density at radius 1 is 1.12 bits per heavy atom. The monoisotopic (exact) mass is 463 g/mol. The second kappa shape index (κ2) is 9.14. The first kappa shape index (κ1) is 22.5. The third kappa shape index (κ3) is 3.94. The number of carbonyl (C=O) groups is 1. The Labute approximate surface area is 198 Å². The molecule has 2 aliphatic rings. The van der Waals surface area contributed by atoms with E-state index in [0.717, 1.165) is 18.4 Å². The molecule has 3 aromatic rings. The van der Waals surface area contributed by atoms with Crippen molar-refractivity contribution >= 4 is 16.9 Å². The first-order chi connectivity index (χ1) is 16.5. The fourth-order valence-electron chi connectivity index (χ4n) is 4.74. The molecule has 1 saturated heterocycles. The molecule has 5 rings (SSSR count). The van der Waals surface area contributed by atoms with E-state index in [0.29, 0.717) is 53.7 Å². The summed E-state index contributed by atoms with van der Waals surface area (Å²) in [5.41, 5.74) is 1.34. The van der Waals surface area contributed by atoms with Crippen molar-refractivity contribution in [3.05, 3.63) is 69.6 Å². The number of rotatable bonds is 7. The largest absolute Gasteiger partial charge is 0.493 e. The minimum atomic E-state index is -0.597. The normalized spacial score (nSPS) is 19.8. The number of methoxy groups -OCH3 is 1. The van der Waals surface area contributed by atoms with Crippen LogP contribution in [0.3, 0.4) is 0 Å². The van der Waals surface area contributed by atoms with E-state index >= 15 is 0 Å². The lowest BCUT2D eigenvalue weighted by Crippen LogP contribution is -2.36. The molecule has 7 heteroatoms. The molecule has 2 aromatic carbocycles. The third-order valence-corrected chi connectivity index (χ3v) is 6.37. The standard InChI is InChI=1S/C27H29NO6/c1-16(2)15-33-21-11-10-17(13-22(21)31-3)24-23-25(29)19-8-4-5-9-20(19)34-26(23)27(30)28(24)14-18-7-6-12-32-18/h4-5,8-11,13,16,18,24H,6-7,12,14-15H2,1-3H3/t18-,24-/m0/s1. The number of hydrogen-bond acceptors (Lipinski definition) is 6. The Kier molecular flexibility index (Phi) is 6.04. The highest BCUT2D eigenvalue weighted by molar-refractivity contribution is 5.99. The molecular weight excluding hydrogens is 434 g/mol. The van der Waals surface area contributed by atoms with Gasteiger partial charge in [0, 0.05) is 13.2 Å². The van der Waals surface area contributed by atoms with Gasteiger partial charge in [0.2, 0.25) is 5.76 Å². The van der Waals surface area contributed by atoms with Gasteiger partial charge in [-0.1, -0.05) is 32.0 Å². The molecule has 7 nitrogen and oxygen atoms in total. The highest BCUT2D eigenvalue weighted by atomic mass is 16.5. The molecule has 3 heterocycles. The van der Waals surface area contributed by atoms with Crippen molar-refractivity contribution in [1.29, 1.82) is 0 Å². The average Bonchev–Trinajstić information content (AvgIpc) is 3.45. The van der Waals surface area contributed by atoms with Crippen LogP contribution in [0, 0.1) is 5.92 Å². The quantitative estimate of drug-likeness (QED) is 0.511. The van der Waals surface area contributed by atoms with E-state index in [-0.39, 0.29) is 23.2 Å². The molecule has 0 spiro atoms. The summed E-state index contributed by atoms with van der Waals surface area (Å²) in [4.78, 5) is 28.9. The molecule has 178 valence electrons. The highest BCUT2D eigenvalue weighted by Crippen LogP contribution is 2.41. The Balaban J connectivity index is 1.63. The van der Waals surface area contributed by atoms with E-state index in [2.05, 4.69) is 13.8 Å². The molecule has 0 bridgehead atoms. The van der Waals surface area contributed by atoms with Crippen LogP contribution in [-0.2, 0) is 4.74 Å². The van der Waals surface area contributed by atoms with Crippen LogP contribution in [0.4, 0.5) is 0 Å². The van der Waals surface area contributed by atoms with Crippen molar-refractivity contribution in [2.24, 2.45) is 5.92 Å². The van der Waals surface area contributed by atoms with E-state index < -0.39 is 6.04 Å². The fraction of sp³-hybridized carbons (Fsp3) is 0.407. The Morgan fingerprint density at radius 3 is 2.68 bits per heavy atom. The summed E-state index contributed by atoms with van der Waals surface area (Å²) in [6.45, 7) is 5.78. The van der Waals surface area contributed by atoms with Crippen molar-refractivity contribution < 1.29 is 23.4 Å². The number of para-hydroxylation sites is 1. The lowest BCUT2D eigenvalue weighted by molar-refractivity contribution is 0.0486. The Hall–Kier alpha value is -3.32. The van der Waals surface area contributed by atoms with E-state index in [9.17, 15) is 9.59 Å². The van der Waals surface area contributed by atoms with Gasteiger partial charge < -0.3 is 23.5 Å². The molecule has 1 fully saturated rings. The molecule has 0 unspecified atom stereocenters. The number of carbonyl (C=O) groups excluding carboxylic acids is 1. The van der Waals surface area contributed by atoms with Gasteiger partial charge in [0.05, 0.1) is 36.8 Å². The van der Waals surface area contributed by atoms with Gasteiger partial charge in [-0.3, -0.25) is 9.59 Å². The van der Waals surface area contributed by atoms with E-state index in [1.807, 2.05) is 18.2 Å². The smallest absolute Gasteiger partial charge is 0.291 e. The number of ether oxygens (including phenoxy) is 3. The molecule has 2 atom stereocenters. The van der Waals surface area contributed by atoms with Crippen molar-refractivity contribution in [3.63, 3.8) is 0 Å². The van der Waals surface area contributed by atoms with Crippen molar-refractivity contribution in [1.82, 2.24) is 4.90 Å². The van der Waals surface area contributed by atoms with Crippen molar-refractivity contribution in [2.45, 2.75) is 38.8 Å². The van der Waals surface area contributed by atoms with Crippen LogP contribution in [0.2, 0.25) is 0 Å². The van der Waals surface area contributed by atoms with Crippen LogP contribution in [0.15, 0.2) is 51.7 Å². The van der Waals surface area contributed by atoms with Crippen LogP contribution in [-0.4, -0.2) is 43.8 Å². The third-order valence-electron chi connectivity index (χ3n) is 6.37. The Bertz CT molecular complexity index is 1270. The molecule has 0 N–H and O–H groups in total. The number of fused-ring (bicyclic) bond motifs is 2. The topological polar surface area (TPSA) is 78.2 Å². The Morgan fingerprint density at radius 2 is 1.94 bits per heavy atom. The van der Waals surface area contributed by atoms with Gasteiger partial charge in [-0.15, -0.1) is 0 Å². The van der Waals surface area contributed by atoms with Crippen LogP contribution in [0.25, 0.3) is 11.0 Å². The summed E-state index contributed by atoms with van der Waals surface area (Å²) >= 11 is 0. The van der Waals surface area contributed by atoms with Gasteiger partial charge in [0.25, 0.3) is 5.91 Å². The zero-order valence-electron chi connectivity index (χ0n) is 19.7. The lowest BCUT2D eigenvalue weighted by atomic mass is 9.97. The summed E-state index contributed by atoms with van der Waals surface area (Å²) in [6, 6.07) is 12.0. The van der Waals surface area contributed by atoms with Gasteiger partial charge >= 0.3 is 0 Å². The first-order valence-corrected chi connectivity index (χ1v) is 11.8. The number of nitrogens with zero attached hydrogens (tertiary/aromatic N) is 1. The lowest BCUT2D eigenvalue weighted by Gasteiger charge is -2.28. The SMILES string of the molecule is COc1cc([C@H]2c3c(oc4ccccc4c3=O)C(=O)N2C[C@@H]2CCCO2)ccc1OCC(C)C. The predicted molar refractivity (Wildman–Crippen MR) is 128 cm³/mol. The first-order valence-electron chi connectivity index (χ1n) is 11.8. The van der Waals surface area contributed by atoms with Gasteiger partial charge in [-0.05, 0) is 48.6 Å². The predicted octanol–water partition coefficient (Wildman–Crippen LogP) is 4.56. The van der Waals surface area contributed by atoms with Crippen LogP contribution in [0.1, 0.15) is 54.4 Å². The minimum absolute atomic E-state index is 0.0687. The van der Waals surface area contributed by atoms with Crippen LogP contribution in [0.5, 0.6) is 11.5 Å². The van der Waals surface area contributed by atoms with Crippen LogP contribution >= 0.6 is 0 Å². The zero-order chi connectivity index (χ0) is 23.8. The maximum absolute atomic E-state index is 13.6. The molecule has 34 heavy (non-hydrogen) atoms. The van der Waals surface area contributed by atoms with E-state index in [1.165, 1.54) is 0 Å². The van der Waals surface area contributed by atoms with Gasteiger partial charge in [0.15, 0.2) is 16.9 Å². The van der Waals surface area contributed by atoms with Gasteiger partial charge in [-0.2, -0.15) is 0 Å². The molecule has 0 saturated carbocycles. The maximum Gasteiger partial charge on any atom is 0.291 e. The summed E-state index contributed by atoms with van der Waals surface area (Å²) < 4.78 is 23.3. The summed E-state index contributed by atoms with van der Waals surface area (Å²) in [7, 11) is 1.58. The summed E-state index contributed by atoms with van der Waals surface area (Å²) in [6.07, 6.45) is 1.77. The number of amides is 1. The number of hydrogen-bond donors (Lipinski definition) is 0. The minimum Gasteiger partial charge on any atom is -0.493 e.